The van der Waals surface area contributed by atoms with Crippen LogP contribution in [-0.2, 0) is 6.54 Å². The van der Waals surface area contributed by atoms with Crippen molar-refractivity contribution in [1.82, 2.24) is 30.1 Å². The predicted octanol–water partition coefficient (Wildman–Crippen LogP) is 1.85. The van der Waals surface area contributed by atoms with Gasteiger partial charge in [-0.2, -0.15) is 4.98 Å². The summed E-state index contributed by atoms with van der Waals surface area (Å²) in [5.41, 5.74) is 0.689. The molecule has 0 aliphatic heterocycles. The van der Waals surface area contributed by atoms with Gasteiger partial charge in [0.2, 0.25) is 5.82 Å². The van der Waals surface area contributed by atoms with E-state index in [0.29, 0.717) is 22.8 Å². The summed E-state index contributed by atoms with van der Waals surface area (Å²) in [6.45, 7) is 0.0727. The smallest absolute Gasteiger partial charge is 0.291 e. The maximum atomic E-state index is 13.7. The first-order valence-electron chi connectivity index (χ1n) is 7.37. The van der Waals surface area contributed by atoms with E-state index in [1.165, 1.54) is 10.6 Å². The Labute approximate surface area is 140 Å². The van der Waals surface area contributed by atoms with Gasteiger partial charge in [-0.3, -0.25) is 4.79 Å². The van der Waals surface area contributed by atoms with Gasteiger partial charge in [-0.1, -0.05) is 17.3 Å². The first-order valence-corrected chi connectivity index (χ1v) is 7.37. The first kappa shape index (κ1) is 14.9. The molecule has 124 valence electrons. The summed E-state index contributed by atoms with van der Waals surface area (Å²) in [6.07, 6.45) is 3.20. The molecular formula is C16H11FN6O2. The maximum Gasteiger partial charge on any atom is 0.291 e. The minimum Gasteiger partial charge on any atom is -0.359 e. The van der Waals surface area contributed by atoms with Crippen LogP contribution in [0.1, 0.15) is 16.4 Å². The monoisotopic (exact) mass is 338 g/mol. The fourth-order valence-corrected chi connectivity index (χ4v) is 2.27. The van der Waals surface area contributed by atoms with Crippen molar-refractivity contribution >= 4 is 11.7 Å². The van der Waals surface area contributed by atoms with Gasteiger partial charge in [-0.05, 0) is 18.2 Å². The van der Waals surface area contributed by atoms with Crippen LogP contribution in [0.25, 0.3) is 17.0 Å². The molecule has 4 rings (SSSR count). The molecule has 1 amide bonds. The molecule has 0 spiro atoms. The Balaban J connectivity index is 1.46. The number of aromatic nitrogens is 5. The Morgan fingerprint density at radius 3 is 3.00 bits per heavy atom. The van der Waals surface area contributed by atoms with E-state index in [1.807, 2.05) is 0 Å². The standard InChI is InChI=1S/C16H11FN6O2/c17-12-5-2-1-4-11(12)13-8-10(25-22-13)9-19-15(24)14-20-16-18-6-3-7-23(16)21-14/h1-8H,9H2,(H,19,24). The SMILES string of the molecule is O=C(NCc1cc(-c2ccccc2F)no1)c1nc2ncccn2n1. The van der Waals surface area contributed by atoms with Crippen molar-refractivity contribution in [2.75, 3.05) is 0 Å². The average Bonchev–Trinajstić information content (AvgIpc) is 3.27. The molecule has 0 aliphatic rings. The Morgan fingerprint density at radius 1 is 1.28 bits per heavy atom. The number of hydrogen-bond acceptors (Lipinski definition) is 6. The van der Waals surface area contributed by atoms with Gasteiger partial charge in [-0.15, -0.1) is 5.10 Å². The van der Waals surface area contributed by atoms with E-state index in [1.54, 1.807) is 42.7 Å². The largest absolute Gasteiger partial charge is 0.359 e. The van der Waals surface area contributed by atoms with E-state index >= 15 is 0 Å². The lowest BCUT2D eigenvalue weighted by Crippen LogP contribution is -2.23. The Kier molecular flexibility index (Phi) is 3.65. The quantitative estimate of drug-likeness (QED) is 0.610. The molecule has 0 atom stereocenters. The van der Waals surface area contributed by atoms with Crippen molar-refractivity contribution in [3.05, 3.63) is 66.2 Å². The number of fused-ring (bicyclic) bond motifs is 1. The van der Waals surface area contributed by atoms with Crippen LogP contribution in [0.15, 0.2) is 53.3 Å². The second-order valence-corrected chi connectivity index (χ2v) is 5.14. The third-order valence-electron chi connectivity index (χ3n) is 3.45. The minimum atomic E-state index is -0.477. The van der Waals surface area contributed by atoms with E-state index in [9.17, 15) is 9.18 Å². The molecule has 8 nitrogen and oxygen atoms in total. The lowest BCUT2D eigenvalue weighted by molar-refractivity contribution is 0.0937. The fourth-order valence-electron chi connectivity index (χ4n) is 2.27. The molecule has 3 aromatic heterocycles. The molecule has 1 aromatic carbocycles. The van der Waals surface area contributed by atoms with Crippen LogP contribution in [0.4, 0.5) is 4.39 Å². The fraction of sp³-hybridized carbons (Fsp3) is 0.0625. The van der Waals surface area contributed by atoms with Crippen LogP contribution < -0.4 is 5.32 Å². The summed E-state index contributed by atoms with van der Waals surface area (Å²) in [4.78, 5) is 20.1. The molecule has 0 radical (unpaired) electrons. The summed E-state index contributed by atoms with van der Waals surface area (Å²) in [5.74, 6) is -0.169. The minimum absolute atomic E-state index is 0.00691. The topological polar surface area (TPSA) is 98.2 Å². The Bertz CT molecular complexity index is 1020. The van der Waals surface area contributed by atoms with Crippen molar-refractivity contribution in [2.24, 2.45) is 0 Å². The van der Waals surface area contributed by atoms with Crippen molar-refractivity contribution in [3.63, 3.8) is 0 Å². The van der Waals surface area contributed by atoms with Crippen LogP contribution in [0, 0.1) is 5.82 Å². The first-order chi connectivity index (χ1) is 12.2. The summed E-state index contributed by atoms with van der Waals surface area (Å²) in [5, 5.41) is 10.5. The van der Waals surface area contributed by atoms with E-state index in [2.05, 4.69) is 25.5 Å². The van der Waals surface area contributed by atoms with E-state index < -0.39 is 11.7 Å². The molecular weight excluding hydrogens is 327 g/mol. The van der Waals surface area contributed by atoms with Gasteiger partial charge in [0.25, 0.3) is 11.7 Å². The number of nitrogens with one attached hydrogen (secondary N) is 1. The number of hydrogen-bond donors (Lipinski definition) is 1. The highest BCUT2D eigenvalue weighted by molar-refractivity contribution is 5.90. The zero-order valence-corrected chi connectivity index (χ0v) is 12.8. The molecule has 25 heavy (non-hydrogen) atoms. The number of nitrogens with zero attached hydrogens (tertiary/aromatic N) is 5. The van der Waals surface area contributed by atoms with Crippen LogP contribution in [0.5, 0.6) is 0 Å². The third-order valence-corrected chi connectivity index (χ3v) is 3.45. The molecule has 0 unspecified atom stereocenters. The van der Waals surface area contributed by atoms with Crippen LogP contribution in [0.2, 0.25) is 0 Å². The normalized spacial score (nSPS) is 10.9. The second kappa shape index (κ2) is 6.11. The number of halogens is 1. The van der Waals surface area contributed by atoms with Gasteiger partial charge in [0.05, 0.1) is 6.54 Å². The van der Waals surface area contributed by atoms with Crippen LogP contribution >= 0.6 is 0 Å². The van der Waals surface area contributed by atoms with Crippen LogP contribution in [0.3, 0.4) is 0 Å². The lowest BCUT2D eigenvalue weighted by atomic mass is 10.1. The molecule has 0 saturated heterocycles. The highest BCUT2D eigenvalue weighted by atomic mass is 19.1. The van der Waals surface area contributed by atoms with Crippen LogP contribution in [-0.4, -0.2) is 30.6 Å². The van der Waals surface area contributed by atoms with Crippen molar-refractivity contribution < 1.29 is 13.7 Å². The molecule has 9 heteroatoms. The predicted molar refractivity (Wildman–Crippen MR) is 83.8 cm³/mol. The van der Waals surface area contributed by atoms with Crippen molar-refractivity contribution in [1.29, 1.82) is 0 Å². The highest BCUT2D eigenvalue weighted by Crippen LogP contribution is 2.21. The van der Waals surface area contributed by atoms with Gasteiger partial charge in [-0.25, -0.2) is 13.9 Å². The van der Waals surface area contributed by atoms with Gasteiger partial charge >= 0.3 is 0 Å². The molecule has 1 N–H and O–H groups in total. The molecule has 0 aliphatic carbocycles. The molecule has 0 bridgehead atoms. The van der Waals surface area contributed by atoms with Gasteiger partial charge in [0, 0.05) is 24.0 Å². The van der Waals surface area contributed by atoms with E-state index in [-0.39, 0.29) is 12.4 Å². The van der Waals surface area contributed by atoms with E-state index in [0.717, 1.165) is 0 Å². The summed E-state index contributed by atoms with van der Waals surface area (Å²) in [7, 11) is 0. The van der Waals surface area contributed by atoms with Gasteiger partial charge in [0.1, 0.15) is 11.5 Å². The molecule has 0 fully saturated rings. The Hall–Kier alpha value is -3.62. The second-order valence-electron chi connectivity index (χ2n) is 5.14. The van der Waals surface area contributed by atoms with E-state index in [4.69, 9.17) is 4.52 Å². The molecule has 4 aromatic rings. The number of carbonyl (C=O) groups is 1. The number of rotatable bonds is 4. The Morgan fingerprint density at radius 2 is 2.16 bits per heavy atom. The summed E-state index contributed by atoms with van der Waals surface area (Å²) >= 11 is 0. The summed E-state index contributed by atoms with van der Waals surface area (Å²) in [6, 6.07) is 9.49. The maximum absolute atomic E-state index is 13.7. The van der Waals surface area contributed by atoms with Gasteiger partial charge < -0.3 is 9.84 Å². The highest BCUT2D eigenvalue weighted by Gasteiger charge is 2.15. The zero-order valence-electron chi connectivity index (χ0n) is 12.8. The number of benzene rings is 1. The van der Waals surface area contributed by atoms with Crippen molar-refractivity contribution in [3.8, 4) is 11.3 Å². The number of amides is 1. The summed E-state index contributed by atoms with van der Waals surface area (Å²) < 4.78 is 20.3. The zero-order chi connectivity index (χ0) is 17.2. The molecule has 0 saturated carbocycles. The number of carbonyl (C=O) groups excluding carboxylic acids is 1. The average molecular weight is 338 g/mol. The lowest BCUT2D eigenvalue weighted by Gasteiger charge is -1.97. The molecule has 3 heterocycles. The third kappa shape index (κ3) is 2.94. The van der Waals surface area contributed by atoms with Crippen molar-refractivity contribution in [2.45, 2.75) is 6.54 Å². The van der Waals surface area contributed by atoms with Gasteiger partial charge in [0.15, 0.2) is 5.76 Å².